The Balaban J connectivity index is 2.10. The van der Waals surface area contributed by atoms with Crippen LogP contribution < -0.4 is 0 Å². The van der Waals surface area contributed by atoms with Gasteiger partial charge in [0.1, 0.15) is 6.10 Å². The molecule has 3 rings (SSSR count). The molecule has 1 atom stereocenters. The van der Waals surface area contributed by atoms with E-state index in [4.69, 9.17) is 13.6 Å². The van der Waals surface area contributed by atoms with Crippen molar-refractivity contribution in [2.45, 2.75) is 50.9 Å². The van der Waals surface area contributed by atoms with Crippen molar-refractivity contribution in [3.63, 3.8) is 0 Å². The third-order valence-electron chi connectivity index (χ3n) is 4.14. The summed E-state index contributed by atoms with van der Waals surface area (Å²) < 4.78 is 27.7. The summed E-state index contributed by atoms with van der Waals surface area (Å²) in [6, 6.07) is 0. The monoisotopic (exact) mass is 310 g/mol. The maximum absolute atomic E-state index is 11.9. The van der Waals surface area contributed by atoms with Crippen LogP contribution in [0, 0.1) is 5.41 Å². The smallest absolute Gasteiger partial charge is 0.395 e. The Morgan fingerprint density at radius 3 is 2.20 bits per heavy atom. The number of hydrogen-bond acceptors (Lipinski definition) is 7. The molecule has 8 heteroatoms. The van der Waals surface area contributed by atoms with E-state index in [-0.39, 0.29) is 0 Å². The topological polar surface area (TPSA) is 105 Å². The second kappa shape index (κ2) is 6.01. The Morgan fingerprint density at radius 2 is 1.70 bits per heavy atom. The van der Waals surface area contributed by atoms with Crippen LogP contribution in [0.1, 0.15) is 39.0 Å². The average Bonchev–Trinajstić information content (AvgIpc) is 2.86. The van der Waals surface area contributed by atoms with Gasteiger partial charge in [-0.05, 0) is 6.42 Å². The summed E-state index contributed by atoms with van der Waals surface area (Å²) in [6.07, 6.45) is 3.93. The van der Waals surface area contributed by atoms with E-state index in [1.165, 1.54) is 0 Å². The number of fused-ring (bicyclic) bond motifs is 1. The number of hydrogen-bond donors (Lipinski definition) is 3. The molecule has 2 bridgehead atoms. The Morgan fingerprint density at radius 1 is 1.10 bits per heavy atom. The van der Waals surface area contributed by atoms with Crippen LogP contribution in [0.5, 0.6) is 0 Å². The van der Waals surface area contributed by atoms with Crippen LogP contribution in [0.25, 0.3) is 0 Å². The summed E-state index contributed by atoms with van der Waals surface area (Å²) in [5.74, 6) is -1.51. The summed E-state index contributed by atoms with van der Waals surface area (Å²) >= 11 is 0. The molecular formula is C12H23O7P. The minimum Gasteiger partial charge on any atom is -0.395 e. The van der Waals surface area contributed by atoms with Crippen LogP contribution in [0.2, 0.25) is 0 Å². The molecule has 7 nitrogen and oxygen atoms in total. The highest BCUT2D eigenvalue weighted by Gasteiger charge is 2.78. The Bertz CT molecular complexity index is 364. The lowest BCUT2D eigenvalue weighted by Crippen LogP contribution is -2.63. The van der Waals surface area contributed by atoms with Gasteiger partial charge >= 0.3 is 7.82 Å². The molecule has 0 aromatic heterocycles. The zero-order valence-electron chi connectivity index (χ0n) is 11.7. The van der Waals surface area contributed by atoms with Crippen molar-refractivity contribution < 1.29 is 33.5 Å². The lowest BCUT2D eigenvalue weighted by atomic mass is 9.77. The van der Waals surface area contributed by atoms with Crippen LogP contribution in [0.3, 0.4) is 0 Å². The summed E-state index contributed by atoms with van der Waals surface area (Å²) in [5, 5.41) is 28.5. The van der Waals surface area contributed by atoms with Crippen LogP contribution in [-0.4, -0.2) is 47.0 Å². The minimum absolute atomic E-state index is 0.547. The first-order chi connectivity index (χ1) is 9.51. The van der Waals surface area contributed by atoms with E-state index in [0.717, 1.165) is 25.7 Å². The Labute approximate surface area is 118 Å². The second-order valence-electron chi connectivity index (χ2n) is 5.50. The lowest BCUT2D eigenvalue weighted by molar-refractivity contribution is -0.286. The van der Waals surface area contributed by atoms with E-state index in [0.29, 0.717) is 6.42 Å². The van der Waals surface area contributed by atoms with Crippen molar-refractivity contribution in [1.82, 2.24) is 0 Å². The molecule has 3 aliphatic rings. The zero-order valence-corrected chi connectivity index (χ0v) is 12.6. The summed E-state index contributed by atoms with van der Waals surface area (Å²) in [6.45, 7) is 0.460. The van der Waals surface area contributed by atoms with E-state index >= 15 is 0 Å². The standard InChI is InChI=1S/C12H23O7P/c1-2-3-4-5-6-10-12(11(7-13,8-14)9-15)18-20(16,17-10)19-12/h10,13-15H,2-9H2,1H3. The first kappa shape index (κ1) is 16.4. The normalized spacial score (nSPS) is 36.1. The fraction of sp³-hybridized carbons (Fsp3) is 1.00. The quantitative estimate of drug-likeness (QED) is 0.433. The van der Waals surface area contributed by atoms with E-state index in [1.807, 2.05) is 0 Å². The van der Waals surface area contributed by atoms with Crippen LogP contribution in [0.4, 0.5) is 0 Å². The van der Waals surface area contributed by atoms with Gasteiger partial charge in [0.05, 0.1) is 25.2 Å². The lowest BCUT2D eigenvalue weighted by Gasteiger charge is -2.48. The second-order valence-corrected chi connectivity index (χ2v) is 6.97. The van der Waals surface area contributed by atoms with Crippen molar-refractivity contribution in [1.29, 1.82) is 0 Å². The van der Waals surface area contributed by atoms with E-state index in [9.17, 15) is 19.9 Å². The van der Waals surface area contributed by atoms with Crippen LogP contribution >= 0.6 is 7.82 Å². The van der Waals surface area contributed by atoms with Crippen molar-refractivity contribution >= 4 is 7.82 Å². The van der Waals surface area contributed by atoms with E-state index in [1.54, 1.807) is 0 Å². The number of aliphatic hydroxyl groups excluding tert-OH is 3. The largest absolute Gasteiger partial charge is 0.480 e. The molecule has 1 unspecified atom stereocenters. The minimum atomic E-state index is -3.55. The maximum atomic E-state index is 11.9. The van der Waals surface area contributed by atoms with Gasteiger partial charge in [0.15, 0.2) is 0 Å². The molecule has 3 fully saturated rings. The first-order valence-corrected chi connectivity index (χ1v) is 8.50. The maximum Gasteiger partial charge on any atom is 0.480 e. The van der Waals surface area contributed by atoms with Gasteiger partial charge in [-0.3, -0.25) is 4.52 Å². The summed E-state index contributed by atoms with van der Waals surface area (Å²) in [5.41, 5.74) is -1.42. The fourth-order valence-electron chi connectivity index (χ4n) is 2.74. The van der Waals surface area contributed by atoms with Gasteiger partial charge in [-0.2, -0.15) is 0 Å². The van der Waals surface area contributed by atoms with Gasteiger partial charge in [0.2, 0.25) is 5.79 Å². The van der Waals surface area contributed by atoms with Gasteiger partial charge in [-0.25, -0.2) is 13.6 Å². The van der Waals surface area contributed by atoms with Gasteiger partial charge in [0, 0.05) is 0 Å². The Hall–Kier alpha value is -0.0100. The summed E-state index contributed by atoms with van der Waals surface area (Å²) in [7, 11) is -3.55. The predicted octanol–water partition coefficient (Wildman–Crippen LogP) is 1.17. The molecule has 0 saturated carbocycles. The molecule has 0 radical (unpaired) electrons. The molecule has 0 aromatic rings. The molecular weight excluding hydrogens is 287 g/mol. The first-order valence-electron chi connectivity index (χ1n) is 7.04. The predicted molar refractivity (Wildman–Crippen MR) is 69.8 cm³/mol. The van der Waals surface area contributed by atoms with Gasteiger partial charge in [0.25, 0.3) is 0 Å². The molecule has 3 saturated heterocycles. The molecule has 3 aliphatic heterocycles. The van der Waals surface area contributed by atoms with Crippen LogP contribution in [-0.2, 0) is 18.1 Å². The van der Waals surface area contributed by atoms with E-state index in [2.05, 4.69) is 6.92 Å². The zero-order chi connectivity index (χ0) is 14.9. The van der Waals surface area contributed by atoms with Gasteiger partial charge in [-0.1, -0.05) is 32.6 Å². The molecule has 20 heavy (non-hydrogen) atoms. The third-order valence-corrected chi connectivity index (χ3v) is 5.64. The molecule has 0 aromatic carbocycles. The van der Waals surface area contributed by atoms with Gasteiger partial charge in [-0.15, -0.1) is 0 Å². The highest BCUT2D eigenvalue weighted by atomic mass is 31.2. The number of phosphoric ester groups is 1. The van der Waals surface area contributed by atoms with Gasteiger partial charge < -0.3 is 15.3 Å². The average molecular weight is 310 g/mol. The number of rotatable bonds is 9. The molecule has 3 heterocycles. The number of aliphatic hydroxyl groups is 3. The van der Waals surface area contributed by atoms with Crippen molar-refractivity contribution in [2.24, 2.45) is 5.41 Å². The highest BCUT2D eigenvalue weighted by Crippen LogP contribution is 2.78. The summed E-state index contributed by atoms with van der Waals surface area (Å²) in [4.78, 5) is 0. The molecule has 3 N–H and O–H groups in total. The van der Waals surface area contributed by atoms with Crippen molar-refractivity contribution in [2.75, 3.05) is 19.8 Å². The fourth-order valence-corrected chi connectivity index (χ4v) is 4.68. The number of phosphoric acid groups is 1. The highest BCUT2D eigenvalue weighted by molar-refractivity contribution is 7.50. The van der Waals surface area contributed by atoms with Crippen LogP contribution in [0.15, 0.2) is 0 Å². The SMILES string of the molecule is CCCCCCC1OP2(=O)OC1(C(CO)(CO)CO)O2. The molecule has 0 spiro atoms. The molecule has 0 aliphatic carbocycles. The Kier molecular flexibility index (Phi) is 4.91. The van der Waals surface area contributed by atoms with Crippen molar-refractivity contribution in [3.05, 3.63) is 0 Å². The third kappa shape index (κ3) is 2.35. The van der Waals surface area contributed by atoms with Crippen molar-refractivity contribution in [3.8, 4) is 0 Å². The molecule has 118 valence electrons. The molecule has 0 amide bonds. The number of unbranched alkanes of at least 4 members (excludes halogenated alkanes) is 3. The van der Waals surface area contributed by atoms with E-state index < -0.39 is 44.9 Å².